The van der Waals surface area contributed by atoms with Gasteiger partial charge in [0.15, 0.2) is 0 Å². The van der Waals surface area contributed by atoms with E-state index in [1.54, 1.807) is 0 Å². The minimum absolute atomic E-state index is 0.0197. The maximum atomic E-state index is 13.0. The van der Waals surface area contributed by atoms with Crippen molar-refractivity contribution in [1.29, 1.82) is 0 Å². The second-order valence-corrected chi connectivity index (χ2v) is 6.93. The van der Waals surface area contributed by atoms with Crippen LogP contribution in [-0.4, -0.2) is 13.2 Å². The molecular weight excluding hydrogens is 203 g/mol. The third kappa shape index (κ3) is 2.27. The van der Waals surface area contributed by atoms with Crippen LogP contribution in [0.3, 0.4) is 0 Å². The molecule has 0 bridgehead atoms. The third-order valence-corrected chi connectivity index (χ3v) is 5.22. The first-order chi connectivity index (χ1) is 6.25. The highest BCUT2D eigenvalue weighted by atomic mass is 32.3. The fourth-order valence-electron chi connectivity index (χ4n) is 2.15. The van der Waals surface area contributed by atoms with Crippen LogP contribution in [-0.2, 0) is 10.2 Å². The minimum atomic E-state index is -4.42. The van der Waals surface area contributed by atoms with Crippen molar-refractivity contribution in [3.8, 4) is 0 Å². The molecule has 1 aliphatic carbocycles. The predicted octanol–water partition coefficient (Wildman–Crippen LogP) is 2.89. The molecule has 0 spiro atoms. The van der Waals surface area contributed by atoms with Gasteiger partial charge in [0.1, 0.15) is 0 Å². The van der Waals surface area contributed by atoms with Crippen molar-refractivity contribution in [2.75, 3.05) is 0 Å². The van der Waals surface area contributed by atoms with Crippen LogP contribution in [0, 0.1) is 11.8 Å². The standard InChI is InChI=1S/C10H19FO2S/c1-8-4-6-9(7-5-8)10(2,3)14(11,12)13/h8-9H,4-7H2,1-3H3. The Morgan fingerprint density at radius 3 is 1.93 bits per heavy atom. The molecule has 0 heterocycles. The number of rotatable bonds is 2. The first-order valence-corrected chi connectivity index (χ1v) is 6.57. The third-order valence-electron chi connectivity index (χ3n) is 3.63. The smallest absolute Gasteiger partial charge is 0.194 e. The molecule has 14 heavy (non-hydrogen) atoms. The van der Waals surface area contributed by atoms with E-state index in [2.05, 4.69) is 6.92 Å². The van der Waals surface area contributed by atoms with Gasteiger partial charge in [-0.25, -0.2) is 0 Å². The molecule has 0 radical (unpaired) electrons. The SMILES string of the molecule is CC1CCC(C(C)(C)S(=O)(=O)F)CC1. The quantitative estimate of drug-likeness (QED) is 0.673. The van der Waals surface area contributed by atoms with Crippen molar-refractivity contribution in [1.82, 2.24) is 0 Å². The van der Waals surface area contributed by atoms with Gasteiger partial charge in [-0.05, 0) is 38.5 Å². The fourth-order valence-corrected chi connectivity index (χ4v) is 2.79. The van der Waals surface area contributed by atoms with Crippen LogP contribution >= 0.6 is 0 Å². The molecule has 0 saturated heterocycles. The van der Waals surface area contributed by atoms with Gasteiger partial charge in [0.2, 0.25) is 0 Å². The van der Waals surface area contributed by atoms with Crippen molar-refractivity contribution in [3.63, 3.8) is 0 Å². The largest absolute Gasteiger partial charge is 0.307 e. The summed E-state index contributed by atoms with van der Waals surface area (Å²) >= 11 is 0. The van der Waals surface area contributed by atoms with Crippen molar-refractivity contribution < 1.29 is 12.3 Å². The molecule has 1 aliphatic rings. The summed E-state index contributed by atoms with van der Waals surface area (Å²) in [5.41, 5.74) is 0. The molecule has 0 amide bonds. The summed E-state index contributed by atoms with van der Waals surface area (Å²) in [4.78, 5) is 0. The van der Waals surface area contributed by atoms with Crippen LogP contribution in [0.5, 0.6) is 0 Å². The highest BCUT2D eigenvalue weighted by molar-refractivity contribution is 7.87. The maximum Gasteiger partial charge on any atom is 0.307 e. The first-order valence-electron chi connectivity index (χ1n) is 5.19. The second kappa shape index (κ2) is 3.80. The zero-order valence-electron chi connectivity index (χ0n) is 9.09. The van der Waals surface area contributed by atoms with E-state index in [1.807, 2.05) is 0 Å². The van der Waals surface area contributed by atoms with Crippen LogP contribution < -0.4 is 0 Å². The lowest BCUT2D eigenvalue weighted by atomic mass is 9.77. The molecule has 0 atom stereocenters. The van der Waals surface area contributed by atoms with Crippen LogP contribution in [0.4, 0.5) is 3.89 Å². The van der Waals surface area contributed by atoms with Gasteiger partial charge in [-0.15, -0.1) is 3.89 Å². The summed E-state index contributed by atoms with van der Waals surface area (Å²) in [6.07, 6.45) is 3.70. The van der Waals surface area contributed by atoms with Gasteiger partial charge >= 0.3 is 10.2 Å². The lowest BCUT2D eigenvalue weighted by Crippen LogP contribution is -2.39. The molecule has 0 aliphatic heterocycles. The van der Waals surface area contributed by atoms with Crippen molar-refractivity contribution in [3.05, 3.63) is 0 Å². The van der Waals surface area contributed by atoms with E-state index in [0.29, 0.717) is 5.92 Å². The van der Waals surface area contributed by atoms with Gasteiger partial charge in [-0.2, -0.15) is 8.42 Å². The van der Waals surface area contributed by atoms with Gasteiger partial charge in [0.25, 0.3) is 0 Å². The van der Waals surface area contributed by atoms with E-state index in [-0.39, 0.29) is 5.92 Å². The summed E-state index contributed by atoms with van der Waals surface area (Å²) in [6.45, 7) is 5.17. The molecule has 0 aromatic rings. The van der Waals surface area contributed by atoms with E-state index in [0.717, 1.165) is 25.7 Å². The Bertz CT molecular complexity index is 287. The molecule has 84 valence electrons. The van der Waals surface area contributed by atoms with Crippen LogP contribution in [0.25, 0.3) is 0 Å². The molecule has 1 fully saturated rings. The van der Waals surface area contributed by atoms with Gasteiger partial charge in [-0.1, -0.05) is 19.8 Å². The number of halogens is 1. The monoisotopic (exact) mass is 222 g/mol. The topological polar surface area (TPSA) is 34.1 Å². The Morgan fingerprint density at radius 2 is 1.57 bits per heavy atom. The molecule has 2 nitrogen and oxygen atoms in total. The van der Waals surface area contributed by atoms with Gasteiger partial charge in [0, 0.05) is 0 Å². The molecule has 1 rings (SSSR count). The number of hydrogen-bond donors (Lipinski definition) is 0. The summed E-state index contributed by atoms with van der Waals surface area (Å²) in [6, 6.07) is 0. The summed E-state index contributed by atoms with van der Waals surface area (Å²) < 4.78 is 33.8. The van der Waals surface area contributed by atoms with Crippen molar-refractivity contribution in [2.45, 2.75) is 51.2 Å². The van der Waals surface area contributed by atoms with Gasteiger partial charge < -0.3 is 0 Å². The van der Waals surface area contributed by atoms with Crippen molar-refractivity contribution >= 4 is 10.2 Å². The Morgan fingerprint density at radius 1 is 1.14 bits per heavy atom. The molecular formula is C10H19FO2S. The molecule has 0 N–H and O–H groups in total. The summed E-state index contributed by atoms with van der Waals surface area (Å²) in [5.74, 6) is 0.637. The average Bonchev–Trinajstić information content (AvgIpc) is 2.03. The van der Waals surface area contributed by atoms with Crippen LogP contribution in [0.2, 0.25) is 0 Å². The van der Waals surface area contributed by atoms with Crippen LogP contribution in [0.15, 0.2) is 0 Å². The van der Waals surface area contributed by atoms with Crippen LogP contribution in [0.1, 0.15) is 46.5 Å². The first kappa shape index (κ1) is 12.0. The van der Waals surface area contributed by atoms with Crippen molar-refractivity contribution in [2.24, 2.45) is 11.8 Å². The number of hydrogen-bond acceptors (Lipinski definition) is 2. The Labute approximate surface area is 86.1 Å². The van der Waals surface area contributed by atoms with E-state index in [4.69, 9.17) is 0 Å². The highest BCUT2D eigenvalue weighted by Crippen LogP contribution is 2.39. The average molecular weight is 222 g/mol. The second-order valence-electron chi connectivity index (χ2n) is 5.00. The normalized spacial score (nSPS) is 30.3. The van der Waals surface area contributed by atoms with E-state index < -0.39 is 15.0 Å². The summed E-state index contributed by atoms with van der Waals surface area (Å²) in [5, 5.41) is 0. The molecule has 0 unspecified atom stereocenters. The minimum Gasteiger partial charge on any atom is -0.194 e. The van der Waals surface area contributed by atoms with E-state index in [9.17, 15) is 12.3 Å². The lowest BCUT2D eigenvalue weighted by molar-refractivity contribution is 0.241. The molecule has 4 heteroatoms. The Kier molecular flexibility index (Phi) is 3.24. The van der Waals surface area contributed by atoms with Gasteiger partial charge in [0.05, 0.1) is 4.75 Å². The van der Waals surface area contributed by atoms with Gasteiger partial charge in [-0.3, -0.25) is 0 Å². The maximum absolute atomic E-state index is 13.0. The van der Waals surface area contributed by atoms with E-state index >= 15 is 0 Å². The molecule has 0 aromatic heterocycles. The lowest BCUT2D eigenvalue weighted by Gasteiger charge is -2.35. The van der Waals surface area contributed by atoms with E-state index in [1.165, 1.54) is 13.8 Å². The zero-order chi connectivity index (χ0) is 11.0. The predicted molar refractivity (Wildman–Crippen MR) is 55.2 cm³/mol. The Hall–Kier alpha value is -0.120. The fraction of sp³-hybridized carbons (Fsp3) is 1.00. The molecule has 1 saturated carbocycles. The zero-order valence-corrected chi connectivity index (χ0v) is 9.90. The Balaban J connectivity index is 2.75. The highest BCUT2D eigenvalue weighted by Gasteiger charge is 2.42. The molecule has 0 aromatic carbocycles. The summed E-state index contributed by atoms with van der Waals surface area (Å²) in [7, 11) is -4.42.